The Bertz CT molecular complexity index is 1550. The van der Waals surface area contributed by atoms with E-state index >= 15 is 0 Å². The summed E-state index contributed by atoms with van der Waals surface area (Å²) in [4.78, 5) is 18.7. The van der Waals surface area contributed by atoms with E-state index in [0.717, 1.165) is 33.4 Å². The molecule has 0 aliphatic rings. The highest BCUT2D eigenvalue weighted by Crippen LogP contribution is 2.36. The molecule has 0 aliphatic heterocycles. The maximum absolute atomic E-state index is 6.60. The van der Waals surface area contributed by atoms with Crippen molar-refractivity contribution in [2.75, 3.05) is 5.73 Å². The predicted molar refractivity (Wildman–Crippen MR) is 145 cm³/mol. The molecule has 5 rings (SSSR count). The Morgan fingerprint density at radius 2 is 1.61 bits per heavy atom. The average Bonchev–Trinajstić information content (AvgIpc) is 2.88. The fraction of sp³-hybridized carbons (Fsp3) is 0.172. The largest absolute Gasteiger partial charge is 0.469 e. The third kappa shape index (κ3) is 4.86. The summed E-state index contributed by atoms with van der Waals surface area (Å²) in [7, 11) is 0. The van der Waals surface area contributed by atoms with Gasteiger partial charge in [0.05, 0.1) is 21.9 Å². The van der Waals surface area contributed by atoms with Crippen molar-refractivity contribution in [3.05, 3.63) is 95.4 Å². The quantitative estimate of drug-likeness (QED) is 0.286. The van der Waals surface area contributed by atoms with Crippen molar-refractivity contribution < 1.29 is 4.74 Å². The number of nitrogens with zero attached hydrogens (tertiary/aromatic N) is 4. The SMILES string of the molecule is CC(C)(C)c1cccc(COc2nc(-c3cc(Cl)c4ncccc4c3)c(-c3ccccc3)nc2N)n1. The van der Waals surface area contributed by atoms with E-state index in [1.165, 1.54) is 0 Å². The van der Waals surface area contributed by atoms with E-state index in [4.69, 9.17) is 37.0 Å². The zero-order chi connectivity index (χ0) is 25.3. The summed E-state index contributed by atoms with van der Waals surface area (Å²) in [6.45, 7) is 6.60. The Morgan fingerprint density at radius 3 is 2.39 bits per heavy atom. The lowest BCUT2D eigenvalue weighted by atomic mass is 9.91. The van der Waals surface area contributed by atoms with Gasteiger partial charge in [-0.05, 0) is 30.3 Å². The fourth-order valence-corrected chi connectivity index (χ4v) is 4.22. The summed E-state index contributed by atoms with van der Waals surface area (Å²) in [5.41, 5.74) is 11.7. The van der Waals surface area contributed by atoms with Crippen LogP contribution in [0, 0.1) is 0 Å². The molecule has 0 radical (unpaired) electrons. The molecule has 0 saturated heterocycles. The van der Waals surface area contributed by atoms with Crippen LogP contribution in [0.3, 0.4) is 0 Å². The van der Waals surface area contributed by atoms with Gasteiger partial charge in [0.1, 0.15) is 12.3 Å². The van der Waals surface area contributed by atoms with Gasteiger partial charge in [-0.2, -0.15) is 0 Å². The maximum atomic E-state index is 6.60. The van der Waals surface area contributed by atoms with Crippen LogP contribution in [0.25, 0.3) is 33.4 Å². The smallest absolute Gasteiger partial charge is 0.258 e. The highest BCUT2D eigenvalue weighted by Gasteiger charge is 2.19. The summed E-state index contributed by atoms with van der Waals surface area (Å²) >= 11 is 6.60. The second-order valence-electron chi connectivity index (χ2n) is 9.56. The summed E-state index contributed by atoms with van der Waals surface area (Å²) in [6.07, 6.45) is 1.72. The summed E-state index contributed by atoms with van der Waals surface area (Å²) in [6, 6.07) is 23.4. The number of hydrogen-bond acceptors (Lipinski definition) is 6. The Labute approximate surface area is 215 Å². The third-order valence-corrected chi connectivity index (χ3v) is 6.09. The highest BCUT2D eigenvalue weighted by molar-refractivity contribution is 6.35. The Balaban J connectivity index is 1.58. The molecule has 7 heteroatoms. The Kier molecular flexibility index (Phi) is 6.29. The van der Waals surface area contributed by atoms with Crippen LogP contribution < -0.4 is 10.5 Å². The van der Waals surface area contributed by atoms with Gasteiger partial charge in [-0.15, -0.1) is 0 Å². The molecule has 5 aromatic rings. The number of benzene rings is 2. The zero-order valence-corrected chi connectivity index (χ0v) is 21.1. The molecular weight excluding hydrogens is 470 g/mol. The lowest BCUT2D eigenvalue weighted by Crippen LogP contribution is -2.15. The predicted octanol–water partition coefficient (Wildman–Crippen LogP) is 6.87. The van der Waals surface area contributed by atoms with Crippen LogP contribution in [-0.4, -0.2) is 19.9 Å². The minimum Gasteiger partial charge on any atom is -0.469 e. The molecule has 0 spiro atoms. The van der Waals surface area contributed by atoms with Gasteiger partial charge in [-0.3, -0.25) is 9.97 Å². The number of nitrogens with two attached hydrogens (primary N) is 1. The lowest BCUT2D eigenvalue weighted by molar-refractivity contribution is 0.289. The van der Waals surface area contributed by atoms with E-state index in [1.807, 2.05) is 72.8 Å². The van der Waals surface area contributed by atoms with Crippen LogP contribution in [0.15, 0.2) is 79.0 Å². The number of anilines is 1. The molecule has 0 fully saturated rings. The number of ether oxygens (including phenoxy) is 1. The second-order valence-corrected chi connectivity index (χ2v) is 9.97. The highest BCUT2D eigenvalue weighted by atomic mass is 35.5. The first-order chi connectivity index (χ1) is 17.3. The van der Waals surface area contributed by atoms with E-state index in [2.05, 4.69) is 25.8 Å². The Morgan fingerprint density at radius 1 is 0.833 bits per heavy atom. The summed E-state index contributed by atoms with van der Waals surface area (Å²) < 4.78 is 6.05. The van der Waals surface area contributed by atoms with Crippen molar-refractivity contribution >= 4 is 28.3 Å². The van der Waals surface area contributed by atoms with Gasteiger partial charge in [0.25, 0.3) is 5.88 Å². The summed E-state index contributed by atoms with van der Waals surface area (Å²) in [5, 5.41) is 1.44. The van der Waals surface area contributed by atoms with Gasteiger partial charge in [-0.1, -0.05) is 74.8 Å². The van der Waals surface area contributed by atoms with Crippen LogP contribution in [0.1, 0.15) is 32.2 Å². The first-order valence-electron chi connectivity index (χ1n) is 11.7. The molecule has 0 unspecified atom stereocenters. The topological polar surface area (TPSA) is 86.8 Å². The van der Waals surface area contributed by atoms with Crippen LogP contribution in [0.2, 0.25) is 5.02 Å². The molecule has 36 heavy (non-hydrogen) atoms. The minimum absolute atomic E-state index is 0.0659. The summed E-state index contributed by atoms with van der Waals surface area (Å²) in [5.74, 6) is 0.452. The van der Waals surface area contributed by atoms with Gasteiger partial charge in [0, 0.05) is 33.8 Å². The molecule has 180 valence electrons. The molecule has 0 atom stereocenters. The zero-order valence-electron chi connectivity index (χ0n) is 20.4. The van der Waals surface area contributed by atoms with Crippen molar-refractivity contribution in [2.24, 2.45) is 0 Å². The van der Waals surface area contributed by atoms with Crippen molar-refractivity contribution in [2.45, 2.75) is 32.8 Å². The van der Waals surface area contributed by atoms with Gasteiger partial charge in [-0.25, -0.2) is 9.97 Å². The molecule has 2 N–H and O–H groups in total. The van der Waals surface area contributed by atoms with E-state index in [-0.39, 0.29) is 23.7 Å². The number of fused-ring (bicyclic) bond motifs is 1. The molecule has 0 aliphatic carbocycles. The monoisotopic (exact) mass is 495 g/mol. The van der Waals surface area contributed by atoms with Crippen molar-refractivity contribution in [1.82, 2.24) is 19.9 Å². The molecule has 0 saturated carbocycles. The first kappa shape index (κ1) is 23.7. The standard InChI is InChI=1S/C29H26ClN5O/c1-29(2,3)23-13-7-12-21(33-23)17-36-28-27(31)34-25(18-9-5-4-6-10-18)26(35-28)20-15-19-11-8-14-32-24(19)22(30)16-20/h4-16H,17H2,1-3H3,(H2,31,34). The molecule has 3 aromatic heterocycles. The van der Waals surface area contributed by atoms with Crippen molar-refractivity contribution in [3.8, 4) is 28.4 Å². The number of halogens is 1. The van der Waals surface area contributed by atoms with Crippen LogP contribution >= 0.6 is 11.6 Å². The molecule has 2 aromatic carbocycles. The number of hydrogen-bond donors (Lipinski definition) is 1. The van der Waals surface area contributed by atoms with Gasteiger partial charge in [0.2, 0.25) is 0 Å². The van der Waals surface area contributed by atoms with Gasteiger partial charge < -0.3 is 10.5 Å². The first-order valence-corrected chi connectivity index (χ1v) is 12.0. The normalized spacial score (nSPS) is 11.6. The van der Waals surface area contributed by atoms with Crippen molar-refractivity contribution in [3.63, 3.8) is 0 Å². The minimum atomic E-state index is -0.0659. The van der Waals surface area contributed by atoms with E-state index in [0.29, 0.717) is 16.4 Å². The molecule has 6 nitrogen and oxygen atoms in total. The molecule has 0 amide bonds. The second kappa shape index (κ2) is 9.55. The van der Waals surface area contributed by atoms with Gasteiger partial charge >= 0.3 is 0 Å². The van der Waals surface area contributed by atoms with Crippen LogP contribution in [0.4, 0.5) is 5.82 Å². The molecular formula is C29H26ClN5O. The lowest BCUT2D eigenvalue weighted by Gasteiger charge is -2.18. The van der Waals surface area contributed by atoms with Crippen LogP contribution in [0.5, 0.6) is 5.88 Å². The number of pyridine rings is 2. The van der Waals surface area contributed by atoms with E-state index < -0.39 is 0 Å². The fourth-order valence-electron chi connectivity index (χ4n) is 3.94. The van der Waals surface area contributed by atoms with E-state index in [1.54, 1.807) is 6.20 Å². The molecule has 0 bridgehead atoms. The number of rotatable bonds is 5. The Hall–Kier alpha value is -4.03. The van der Waals surface area contributed by atoms with Crippen LogP contribution in [-0.2, 0) is 12.0 Å². The van der Waals surface area contributed by atoms with E-state index in [9.17, 15) is 0 Å². The maximum Gasteiger partial charge on any atom is 0.258 e. The van der Waals surface area contributed by atoms with Gasteiger partial charge in [0.15, 0.2) is 5.82 Å². The third-order valence-electron chi connectivity index (χ3n) is 5.80. The number of nitrogen functional groups attached to an aromatic ring is 1. The number of aromatic nitrogens is 4. The molecule has 3 heterocycles. The average molecular weight is 496 g/mol. The van der Waals surface area contributed by atoms with Crippen molar-refractivity contribution in [1.29, 1.82) is 0 Å².